The van der Waals surface area contributed by atoms with Gasteiger partial charge in [0.2, 0.25) is 0 Å². The van der Waals surface area contributed by atoms with Gasteiger partial charge in [-0.3, -0.25) is 4.98 Å². The molecule has 0 atom stereocenters. The summed E-state index contributed by atoms with van der Waals surface area (Å²) in [6.07, 6.45) is 3.70. The van der Waals surface area contributed by atoms with E-state index in [2.05, 4.69) is 192 Å². The molecule has 0 amide bonds. The maximum Gasteiger partial charge on any atom is 0.160 e. The summed E-state index contributed by atoms with van der Waals surface area (Å²) in [5.41, 5.74) is 15.3. The van der Waals surface area contributed by atoms with Crippen molar-refractivity contribution in [1.29, 1.82) is 0 Å². The molecule has 8 aromatic carbocycles. The number of aromatic nitrogens is 4. The first-order valence-electron chi connectivity index (χ1n) is 19.9. The molecule has 0 radical (unpaired) electrons. The molecule has 0 unspecified atom stereocenters. The molecule has 11 rings (SSSR count). The lowest BCUT2D eigenvalue weighted by atomic mass is 9.92. The van der Waals surface area contributed by atoms with Crippen LogP contribution >= 0.6 is 0 Å². The van der Waals surface area contributed by atoms with Crippen molar-refractivity contribution < 1.29 is 0 Å². The molecule has 11 aromatic rings. The van der Waals surface area contributed by atoms with E-state index in [0.29, 0.717) is 5.82 Å². The van der Waals surface area contributed by atoms with E-state index >= 15 is 0 Å². The van der Waals surface area contributed by atoms with Crippen LogP contribution in [0.2, 0.25) is 0 Å². The molecule has 0 bridgehead atoms. The van der Waals surface area contributed by atoms with Gasteiger partial charge in [0.1, 0.15) is 0 Å². The molecule has 4 nitrogen and oxygen atoms in total. The third-order valence-electron chi connectivity index (χ3n) is 11.3. The first-order valence-corrected chi connectivity index (χ1v) is 19.9. The molecule has 0 aliphatic heterocycles. The van der Waals surface area contributed by atoms with Crippen molar-refractivity contribution >= 4 is 32.6 Å². The first kappa shape index (κ1) is 34.3. The first-order chi connectivity index (χ1) is 29.2. The van der Waals surface area contributed by atoms with Crippen LogP contribution in [0.15, 0.2) is 219 Å². The van der Waals surface area contributed by atoms with Gasteiger partial charge in [-0.2, -0.15) is 0 Å². The van der Waals surface area contributed by atoms with E-state index in [1.165, 1.54) is 49.4 Å². The fraction of sp³-hybridized carbons (Fsp3) is 0. The van der Waals surface area contributed by atoms with E-state index in [-0.39, 0.29) is 0 Å². The summed E-state index contributed by atoms with van der Waals surface area (Å²) in [5.74, 6) is 0.691. The SMILES string of the molecule is c1ccc(-c2nc(-c3cccc(-c4cccnc4)c3)cc(-c3ccc(-c4ccc(-c5ccc6c(c5)c5ccccc5n6-c5ccccc5)cc4)c4ccccc34)n2)cc1. The van der Waals surface area contributed by atoms with Gasteiger partial charge in [0, 0.05) is 51.1 Å². The van der Waals surface area contributed by atoms with E-state index < -0.39 is 0 Å². The third kappa shape index (κ3) is 6.24. The number of rotatable bonds is 7. The van der Waals surface area contributed by atoms with Crippen LogP contribution in [0.25, 0.3) is 106 Å². The average Bonchev–Trinajstić information content (AvgIpc) is 3.66. The van der Waals surface area contributed by atoms with Crippen molar-refractivity contribution in [2.45, 2.75) is 0 Å². The molecule has 3 aromatic heterocycles. The Morgan fingerprint density at radius 1 is 0.322 bits per heavy atom. The quantitative estimate of drug-likeness (QED) is 0.163. The summed E-state index contributed by atoms with van der Waals surface area (Å²) in [6.45, 7) is 0. The molecular weight excluding hydrogens is 717 g/mol. The summed E-state index contributed by atoms with van der Waals surface area (Å²) in [5, 5.41) is 4.81. The van der Waals surface area contributed by atoms with Gasteiger partial charge >= 0.3 is 0 Å². The number of benzene rings is 8. The zero-order valence-corrected chi connectivity index (χ0v) is 32.1. The molecule has 276 valence electrons. The van der Waals surface area contributed by atoms with Crippen LogP contribution in [0.4, 0.5) is 0 Å². The van der Waals surface area contributed by atoms with Crippen molar-refractivity contribution in [2.24, 2.45) is 0 Å². The Balaban J connectivity index is 0.985. The Morgan fingerprint density at radius 2 is 0.915 bits per heavy atom. The predicted octanol–water partition coefficient (Wildman–Crippen LogP) is 14.1. The van der Waals surface area contributed by atoms with Gasteiger partial charge in [0.05, 0.1) is 22.4 Å². The van der Waals surface area contributed by atoms with Crippen LogP contribution in [-0.4, -0.2) is 19.5 Å². The molecule has 0 N–H and O–H groups in total. The van der Waals surface area contributed by atoms with Crippen LogP contribution < -0.4 is 0 Å². The van der Waals surface area contributed by atoms with Gasteiger partial charge in [-0.25, -0.2) is 9.97 Å². The number of pyridine rings is 1. The topological polar surface area (TPSA) is 43.6 Å². The van der Waals surface area contributed by atoms with Crippen molar-refractivity contribution in [2.75, 3.05) is 0 Å². The highest BCUT2D eigenvalue weighted by molar-refractivity contribution is 6.10. The van der Waals surface area contributed by atoms with E-state index in [1.807, 2.05) is 30.5 Å². The molecular formula is C55H36N4. The Morgan fingerprint density at radius 3 is 1.71 bits per heavy atom. The zero-order chi connectivity index (χ0) is 39.1. The number of fused-ring (bicyclic) bond motifs is 4. The number of nitrogens with zero attached hydrogens (tertiary/aromatic N) is 4. The Hall–Kier alpha value is -7.95. The van der Waals surface area contributed by atoms with Crippen LogP contribution in [-0.2, 0) is 0 Å². The molecule has 0 fully saturated rings. The number of hydrogen-bond donors (Lipinski definition) is 0. The van der Waals surface area contributed by atoms with Crippen LogP contribution in [0.3, 0.4) is 0 Å². The maximum absolute atomic E-state index is 5.21. The maximum atomic E-state index is 5.21. The summed E-state index contributed by atoms with van der Waals surface area (Å²) in [7, 11) is 0. The lowest BCUT2D eigenvalue weighted by molar-refractivity contribution is 1.18. The van der Waals surface area contributed by atoms with E-state index in [0.717, 1.165) is 50.3 Å². The van der Waals surface area contributed by atoms with Crippen LogP contribution in [0.1, 0.15) is 0 Å². The second kappa shape index (κ2) is 14.5. The highest BCUT2D eigenvalue weighted by Crippen LogP contribution is 2.39. The number of para-hydroxylation sites is 2. The second-order valence-corrected chi connectivity index (χ2v) is 14.9. The average molecular weight is 753 g/mol. The molecule has 0 saturated carbocycles. The standard InChI is InChI=1S/C55H36N4/c1-3-13-39(14-4-1)55-57-51(42-16-11-15-40(33-42)43-17-12-32-56-36-43)35-52(58-55)48-30-29-45(46-20-7-8-21-47(46)48)38-26-24-37(25-27-38)41-28-31-54-50(34-41)49-22-9-10-23-53(49)59(54)44-18-5-2-6-19-44/h1-36H. The van der Waals surface area contributed by atoms with E-state index in [9.17, 15) is 0 Å². The van der Waals surface area contributed by atoms with Gasteiger partial charge in [-0.1, -0.05) is 158 Å². The van der Waals surface area contributed by atoms with Crippen molar-refractivity contribution in [3.05, 3.63) is 219 Å². The van der Waals surface area contributed by atoms with E-state index in [4.69, 9.17) is 9.97 Å². The van der Waals surface area contributed by atoms with Gasteiger partial charge < -0.3 is 4.57 Å². The number of hydrogen-bond acceptors (Lipinski definition) is 3. The second-order valence-electron chi connectivity index (χ2n) is 14.9. The lowest BCUT2D eigenvalue weighted by Gasteiger charge is -2.14. The molecule has 0 saturated heterocycles. The summed E-state index contributed by atoms with van der Waals surface area (Å²) in [4.78, 5) is 14.7. The summed E-state index contributed by atoms with van der Waals surface area (Å²) in [6, 6.07) is 73.2. The highest BCUT2D eigenvalue weighted by Gasteiger charge is 2.17. The summed E-state index contributed by atoms with van der Waals surface area (Å²) >= 11 is 0. The lowest BCUT2D eigenvalue weighted by Crippen LogP contribution is -1.97. The highest BCUT2D eigenvalue weighted by atomic mass is 15.0. The zero-order valence-electron chi connectivity index (χ0n) is 32.1. The van der Waals surface area contributed by atoms with Crippen molar-refractivity contribution in [3.63, 3.8) is 0 Å². The fourth-order valence-corrected chi connectivity index (χ4v) is 8.47. The van der Waals surface area contributed by atoms with E-state index in [1.54, 1.807) is 6.20 Å². The minimum Gasteiger partial charge on any atom is -0.309 e. The minimum absolute atomic E-state index is 0.691. The fourth-order valence-electron chi connectivity index (χ4n) is 8.47. The molecule has 0 aliphatic carbocycles. The Kier molecular flexibility index (Phi) is 8.45. The van der Waals surface area contributed by atoms with Gasteiger partial charge in [0.15, 0.2) is 5.82 Å². The Bertz CT molecular complexity index is 3300. The molecule has 59 heavy (non-hydrogen) atoms. The molecule has 4 heteroatoms. The van der Waals surface area contributed by atoms with Crippen molar-refractivity contribution in [3.8, 4) is 73.0 Å². The largest absolute Gasteiger partial charge is 0.309 e. The minimum atomic E-state index is 0.691. The normalized spacial score (nSPS) is 11.4. The summed E-state index contributed by atoms with van der Waals surface area (Å²) < 4.78 is 2.36. The molecule has 0 spiro atoms. The van der Waals surface area contributed by atoms with Crippen LogP contribution in [0, 0.1) is 0 Å². The van der Waals surface area contributed by atoms with Gasteiger partial charge in [-0.05, 0) is 87.1 Å². The smallest absolute Gasteiger partial charge is 0.160 e. The van der Waals surface area contributed by atoms with Gasteiger partial charge in [-0.15, -0.1) is 0 Å². The van der Waals surface area contributed by atoms with Crippen LogP contribution in [0.5, 0.6) is 0 Å². The predicted molar refractivity (Wildman–Crippen MR) is 244 cm³/mol. The monoisotopic (exact) mass is 752 g/mol. The molecule has 3 heterocycles. The van der Waals surface area contributed by atoms with Crippen molar-refractivity contribution in [1.82, 2.24) is 19.5 Å². The molecule has 0 aliphatic rings. The third-order valence-corrected chi connectivity index (χ3v) is 11.3. The Labute approximate surface area is 342 Å². The van der Waals surface area contributed by atoms with Gasteiger partial charge in [0.25, 0.3) is 0 Å².